The number of piperidine rings is 1. The van der Waals surface area contributed by atoms with Gasteiger partial charge in [-0.3, -0.25) is 9.78 Å². The van der Waals surface area contributed by atoms with Crippen LogP contribution in [0.5, 0.6) is 11.5 Å². The third kappa shape index (κ3) is 5.91. The monoisotopic (exact) mass is 447 g/mol. The predicted octanol–water partition coefficient (Wildman–Crippen LogP) is 4.03. The van der Waals surface area contributed by atoms with Crippen molar-refractivity contribution in [2.45, 2.75) is 25.8 Å². The van der Waals surface area contributed by atoms with Crippen LogP contribution >= 0.6 is 0 Å². The Balaban J connectivity index is 1.37. The van der Waals surface area contributed by atoms with Crippen LogP contribution in [0.15, 0.2) is 60.9 Å². The van der Waals surface area contributed by atoms with Gasteiger partial charge in [-0.2, -0.15) is 0 Å². The van der Waals surface area contributed by atoms with Crippen LogP contribution in [0.1, 0.15) is 30.1 Å². The molecule has 3 aromatic rings. The van der Waals surface area contributed by atoms with Crippen LogP contribution < -0.4 is 25.0 Å². The molecule has 1 atom stereocenters. The Kier molecular flexibility index (Phi) is 7.24. The van der Waals surface area contributed by atoms with E-state index in [9.17, 15) is 4.79 Å². The number of hydrogen-bond acceptors (Lipinski definition) is 7. The number of hydrogen-bond donors (Lipinski definition) is 2. The van der Waals surface area contributed by atoms with Gasteiger partial charge in [-0.25, -0.2) is 4.98 Å². The first kappa shape index (κ1) is 22.4. The molecule has 1 aromatic heterocycles. The largest absolute Gasteiger partial charge is 0.497 e. The van der Waals surface area contributed by atoms with Crippen molar-refractivity contribution in [3.05, 3.63) is 66.5 Å². The van der Waals surface area contributed by atoms with Gasteiger partial charge in [-0.05, 0) is 68.3 Å². The van der Waals surface area contributed by atoms with E-state index in [1.165, 1.54) is 0 Å². The number of aromatic nitrogens is 2. The maximum atomic E-state index is 12.7. The second kappa shape index (κ2) is 10.7. The fraction of sp³-hybridized carbons (Fsp3) is 0.320. The van der Waals surface area contributed by atoms with Crippen molar-refractivity contribution in [3.8, 4) is 11.5 Å². The Labute approximate surface area is 194 Å². The average molecular weight is 448 g/mol. The molecule has 1 aliphatic heterocycles. The van der Waals surface area contributed by atoms with Gasteiger partial charge < -0.3 is 25.0 Å². The molecule has 0 unspecified atom stereocenters. The van der Waals surface area contributed by atoms with Crippen molar-refractivity contribution < 1.29 is 14.3 Å². The zero-order chi connectivity index (χ0) is 23.0. The lowest BCUT2D eigenvalue weighted by Crippen LogP contribution is -2.48. The van der Waals surface area contributed by atoms with Gasteiger partial charge in [0.25, 0.3) is 5.91 Å². The van der Waals surface area contributed by atoms with Gasteiger partial charge in [0, 0.05) is 30.4 Å². The van der Waals surface area contributed by atoms with Crippen molar-refractivity contribution >= 4 is 23.2 Å². The van der Waals surface area contributed by atoms with Crippen LogP contribution in [-0.4, -0.2) is 48.7 Å². The molecule has 2 heterocycles. The van der Waals surface area contributed by atoms with Gasteiger partial charge in [0.15, 0.2) is 5.82 Å². The summed E-state index contributed by atoms with van der Waals surface area (Å²) in [7, 11) is 1.61. The van der Waals surface area contributed by atoms with Crippen molar-refractivity contribution in [1.82, 2.24) is 15.3 Å². The quantitative estimate of drug-likeness (QED) is 0.539. The first-order chi connectivity index (χ1) is 16.1. The molecule has 8 heteroatoms. The highest BCUT2D eigenvalue weighted by molar-refractivity contribution is 5.94. The minimum atomic E-state index is -0.0819. The number of ether oxygens (including phenoxy) is 2. The SMILES string of the molecule is CCOc1ccc(Nc2cncc(N3CCC[C@@H](NC(=O)c4ccc(OC)cc4)C3)n2)cc1. The van der Waals surface area contributed by atoms with Gasteiger partial charge >= 0.3 is 0 Å². The van der Waals surface area contributed by atoms with Crippen molar-refractivity contribution in [2.75, 3.05) is 37.0 Å². The summed E-state index contributed by atoms with van der Waals surface area (Å²) in [6, 6.07) is 14.9. The summed E-state index contributed by atoms with van der Waals surface area (Å²) in [5.41, 5.74) is 1.53. The van der Waals surface area contributed by atoms with E-state index in [4.69, 9.17) is 14.5 Å². The number of carbonyl (C=O) groups is 1. The van der Waals surface area contributed by atoms with E-state index in [0.29, 0.717) is 24.5 Å². The van der Waals surface area contributed by atoms with Crippen LogP contribution in [0.2, 0.25) is 0 Å². The normalized spacial score (nSPS) is 15.6. The summed E-state index contributed by atoms with van der Waals surface area (Å²) in [5, 5.41) is 6.44. The van der Waals surface area contributed by atoms with E-state index >= 15 is 0 Å². The highest BCUT2D eigenvalue weighted by Crippen LogP contribution is 2.22. The van der Waals surface area contributed by atoms with Gasteiger partial charge in [0.2, 0.25) is 0 Å². The van der Waals surface area contributed by atoms with E-state index in [0.717, 1.165) is 42.4 Å². The average Bonchev–Trinajstić information content (AvgIpc) is 2.86. The van der Waals surface area contributed by atoms with Crippen LogP contribution in [0.3, 0.4) is 0 Å². The smallest absolute Gasteiger partial charge is 0.251 e. The Morgan fingerprint density at radius 3 is 2.58 bits per heavy atom. The molecule has 2 N–H and O–H groups in total. The molecule has 0 radical (unpaired) electrons. The Morgan fingerprint density at radius 1 is 1.09 bits per heavy atom. The number of nitrogens with zero attached hydrogens (tertiary/aromatic N) is 3. The Hall–Kier alpha value is -3.81. The minimum Gasteiger partial charge on any atom is -0.497 e. The lowest BCUT2D eigenvalue weighted by molar-refractivity contribution is 0.0933. The molecule has 8 nitrogen and oxygen atoms in total. The highest BCUT2D eigenvalue weighted by Gasteiger charge is 2.23. The number of carbonyl (C=O) groups excluding carboxylic acids is 1. The molecule has 1 fully saturated rings. The van der Waals surface area contributed by atoms with Crippen LogP contribution in [0, 0.1) is 0 Å². The number of benzene rings is 2. The second-order valence-electron chi connectivity index (χ2n) is 7.83. The third-order valence-electron chi connectivity index (χ3n) is 5.49. The van der Waals surface area contributed by atoms with Crippen molar-refractivity contribution in [2.24, 2.45) is 0 Å². The molecule has 1 amide bonds. The molecule has 0 spiro atoms. The fourth-order valence-corrected chi connectivity index (χ4v) is 3.83. The van der Waals surface area contributed by atoms with Gasteiger partial charge in [0.1, 0.15) is 17.3 Å². The zero-order valence-electron chi connectivity index (χ0n) is 19.0. The lowest BCUT2D eigenvalue weighted by Gasteiger charge is -2.34. The molecule has 2 aromatic carbocycles. The molecule has 0 bridgehead atoms. The molecule has 0 aliphatic carbocycles. The highest BCUT2D eigenvalue weighted by atomic mass is 16.5. The molecule has 1 aliphatic rings. The second-order valence-corrected chi connectivity index (χ2v) is 7.83. The Morgan fingerprint density at radius 2 is 1.85 bits per heavy atom. The number of anilines is 3. The molecular formula is C25H29N5O3. The number of methoxy groups -OCH3 is 1. The summed E-state index contributed by atoms with van der Waals surface area (Å²) >= 11 is 0. The van der Waals surface area contributed by atoms with E-state index in [-0.39, 0.29) is 11.9 Å². The molecule has 1 saturated heterocycles. The van der Waals surface area contributed by atoms with E-state index in [1.54, 1.807) is 43.8 Å². The number of rotatable bonds is 8. The number of nitrogens with one attached hydrogen (secondary N) is 2. The van der Waals surface area contributed by atoms with Gasteiger partial charge in [-0.1, -0.05) is 0 Å². The van der Waals surface area contributed by atoms with Gasteiger partial charge in [0.05, 0.1) is 26.1 Å². The lowest BCUT2D eigenvalue weighted by atomic mass is 10.0. The minimum absolute atomic E-state index is 0.0397. The first-order valence-corrected chi connectivity index (χ1v) is 11.2. The van der Waals surface area contributed by atoms with Crippen molar-refractivity contribution in [3.63, 3.8) is 0 Å². The summed E-state index contributed by atoms with van der Waals surface area (Å²) < 4.78 is 10.6. The predicted molar refractivity (Wildman–Crippen MR) is 129 cm³/mol. The third-order valence-corrected chi connectivity index (χ3v) is 5.49. The van der Waals surface area contributed by atoms with Gasteiger partial charge in [-0.15, -0.1) is 0 Å². The van der Waals surface area contributed by atoms with E-state index in [1.807, 2.05) is 31.2 Å². The van der Waals surface area contributed by atoms with Crippen LogP contribution in [-0.2, 0) is 0 Å². The molecule has 172 valence electrons. The van der Waals surface area contributed by atoms with Crippen LogP contribution in [0.25, 0.3) is 0 Å². The summed E-state index contributed by atoms with van der Waals surface area (Å²) in [6.45, 7) is 4.15. The molecular weight excluding hydrogens is 418 g/mol. The van der Waals surface area contributed by atoms with E-state index in [2.05, 4.69) is 20.5 Å². The summed E-state index contributed by atoms with van der Waals surface area (Å²) in [6.07, 6.45) is 5.35. The maximum Gasteiger partial charge on any atom is 0.251 e. The summed E-state index contributed by atoms with van der Waals surface area (Å²) in [4.78, 5) is 23.9. The van der Waals surface area contributed by atoms with Crippen LogP contribution in [0.4, 0.5) is 17.3 Å². The molecule has 33 heavy (non-hydrogen) atoms. The van der Waals surface area contributed by atoms with Crippen molar-refractivity contribution in [1.29, 1.82) is 0 Å². The fourth-order valence-electron chi connectivity index (χ4n) is 3.83. The van der Waals surface area contributed by atoms with E-state index < -0.39 is 0 Å². The Bertz CT molecular complexity index is 1060. The summed E-state index contributed by atoms with van der Waals surface area (Å²) in [5.74, 6) is 2.93. The maximum absolute atomic E-state index is 12.7. The topological polar surface area (TPSA) is 88.6 Å². The first-order valence-electron chi connectivity index (χ1n) is 11.2. The molecule has 4 rings (SSSR count). The zero-order valence-corrected chi connectivity index (χ0v) is 19.0. The number of amides is 1. The standard InChI is InChI=1S/C25H29N5O3/c1-3-33-22-12-8-19(9-13-22)27-23-15-26-16-24(29-23)30-14-4-5-20(17-30)28-25(31)18-6-10-21(32-2)11-7-18/h6-13,15-16,20H,3-5,14,17H2,1-2H3,(H,27,29)(H,28,31)/t20-/m1/s1. The molecule has 0 saturated carbocycles.